The molecule has 16 heavy (non-hydrogen) atoms. The topological polar surface area (TPSA) is 26.8 Å². The summed E-state index contributed by atoms with van der Waals surface area (Å²) in [5, 5.41) is 0. The van der Waals surface area contributed by atoms with Crippen LogP contribution in [0.1, 0.15) is 19.8 Å². The zero-order chi connectivity index (χ0) is 12.0. The molecule has 0 N–H and O–H groups in total. The van der Waals surface area contributed by atoms with E-state index in [4.69, 9.17) is 0 Å². The highest BCUT2D eigenvalue weighted by Gasteiger charge is 2.19. The van der Waals surface area contributed by atoms with E-state index in [0.717, 1.165) is 32.7 Å². The average molecular weight is 227 g/mol. The van der Waals surface area contributed by atoms with Crippen molar-refractivity contribution in [3.8, 4) is 0 Å². The number of hydrogen-bond donors (Lipinski definition) is 0. The Hall–Kier alpha value is -0.610. The summed E-state index contributed by atoms with van der Waals surface area (Å²) in [5.74, 6) is 0.304. The Morgan fingerprint density at radius 2 is 1.81 bits per heavy atom. The van der Waals surface area contributed by atoms with Crippen molar-refractivity contribution in [1.82, 2.24) is 14.7 Å². The smallest absolute Gasteiger partial charge is 0.236 e. The molecule has 1 fully saturated rings. The van der Waals surface area contributed by atoms with E-state index in [1.54, 1.807) is 0 Å². The van der Waals surface area contributed by atoms with Crippen LogP contribution in [-0.4, -0.2) is 74.0 Å². The number of rotatable bonds is 6. The molecule has 0 atom stereocenters. The van der Waals surface area contributed by atoms with Gasteiger partial charge in [-0.15, -0.1) is 0 Å². The SMILES string of the molecule is CCN(CCN(C)C)CC(=O)N1CCCC1. The number of likely N-dealkylation sites (N-methyl/N-ethyl adjacent to an activating group) is 2. The molecule has 0 spiro atoms. The van der Waals surface area contributed by atoms with Crippen LogP contribution in [0, 0.1) is 0 Å². The van der Waals surface area contributed by atoms with Crippen LogP contribution >= 0.6 is 0 Å². The lowest BCUT2D eigenvalue weighted by Gasteiger charge is -2.24. The van der Waals surface area contributed by atoms with Crippen molar-refractivity contribution in [2.75, 3.05) is 53.4 Å². The van der Waals surface area contributed by atoms with Gasteiger partial charge in [0.05, 0.1) is 6.54 Å². The van der Waals surface area contributed by atoms with Gasteiger partial charge >= 0.3 is 0 Å². The molecule has 0 saturated carbocycles. The van der Waals surface area contributed by atoms with Crippen LogP contribution in [0.3, 0.4) is 0 Å². The first kappa shape index (κ1) is 13.5. The van der Waals surface area contributed by atoms with Gasteiger partial charge in [-0.2, -0.15) is 0 Å². The second-order valence-electron chi connectivity index (χ2n) is 4.76. The monoisotopic (exact) mass is 227 g/mol. The van der Waals surface area contributed by atoms with Crippen molar-refractivity contribution in [2.24, 2.45) is 0 Å². The lowest BCUT2D eigenvalue weighted by atomic mass is 10.4. The van der Waals surface area contributed by atoms with Gasteiger partial charge in [-0.1, -0.05) is 6.92 Å². The Labute approximate surface area is 99.2 Å². The molecule has 0 unspecified atom stereocenters. The zero-order valence-corrected chi connectivity index (χ0v) is 10.9. The summed E-state index contributed by atoms with van der Waals surface area (Å²) in [6.45, 7) is 7.57. The van der Waals surface area contributed by atoms with Crippen molar-refractivity contribution in [2.45, 2.75) is 19.8 Å². The van der Waals surface area contributed by atoms with Crippen LogP contribution in [0.15, 0.2) is 0 Å². The first-order chi connectivity index (χ1) is 7.63. The number of hydrogen-bond acceptors (Lipinski definition) is 3. The molecule has 0 aliphatic carbocycles. The summed E-state index contributed by atoms with van der Waals surface area (Å²) in [4.78, 5) is 18.3. The van der Waals surface area contributed by atoms with E-state index in [2.05, 4.69) is 30.8 Å². The zero-order valence-electron chi connectivity index (χ0n) is 10.9. The molecule has 0 aromatic rings. The second kappa shape index (κ2) is 6.86. The van der Waals surface area contributed by atoms with E-state index in [1.165, 1.54) is 12.8 Å². The van der Waals surface area contributed by atoms with Crippen molar-refractivity contribution >= 4 is 5.91 Å². The number of carbonyl (C=O) groups is 1. The van der Waals surface area contributed by atoms with Gasteiger partial charge in [-0.05, 0) is 33.5 Å². The standard InChI is InChI=1S/C12H25N3O/c1-4-14(10-9-13(2)3)11-12(16)15-7-5-6-8-15/h4-11H2,1-3H3. The molecule has 1 aliphatic heterocycles. The summed E-state index contributed by atoms with van der Waals surface area (Å²) in [6.07, 6.45) is 2.35. The van der Waals surface area contributed by atoms with Crippen LogP contribution in [0.25, 0.3) is 0 Å². The number of nitrogens with zero attached hydrogens (tertiary/aromatic N) is 3. The van der Waals surface area contributed by atoms with Crippen LogP contribution in [-0.2, 0) is 4.79 Å². The highest BCUT2D eigenvalue weighted by molar-refractivity contribution is 5.78. The second-order valence-corrected chi connectivity index (χ2v) is 4.76. The highest BCUT2D eigenvalue weighted by atomic mass is 16.2. The van der Waals surface area contributed by atoms with Crippen LogP contribution < -0.4 is 0 Å². The Balaban J connectivity index is 2.28. The molecule has 1 amide bonds. The molecule has 1 aliphatic rings. The van der Waals surface area contributed by atoms with Crippen molar-refractivity contribution in [3.63, 3.8) is 0 Å². The van der Waals surface area contributed by atoms with Crippen molar-refractivity contribution in [3.05, 3.63) is 0 Å². The van der Waals surface area contributed by atoms with E-state index in [0.29, 0.717) is 12.5 Å². The van der Waals surface area contributed by atoms with Gasteiger partial charge in [0, 0.05) is 26.2 Å². The minimum atomic E-state index is 0.304. The van der Waals surface area contributed by atoms with E-state index in [-0.39, 0.29) is 0 Å². The fraction of sp³-hybridized carbons (Fsp3) is 0.917. The first-order valence-electron chi connectivity index (χ1n) is 6.28. The molecule has 1 rings (SSSR count). The Morgan fingerprint density at radius 1 is 1.19 bits per heavy atom. The fourth-order valence-electron chi connectivity index (χ4n) is 1.95. The molecule has 1 saturated heterocycles. The van der Waals surface area contributed by atoms with Gasteiger partial charge in [0.25, 0.3) is 0 Å². The lowest BCUT2D eigenvalue weighted by molar-refractivity contribution is -0.131. The Kier molecular flexibility index (Phi) is 5.77. The quantitative estimate of drug-likeness (QED) is 0.661. The van der Waals surface area contributed by atoms with Crippen molar-refractivity contribution < 1.29 is 4.79 Å². The normalized spacial score (nSPS) is 16.4. The maximum absolute atomic E-state index is 11.9. The molecule has 0 aromatic heterocycles. The summed E-state index contributed by atoms with van der Waals surface area (Å²) >= 11 is 0. The maximum Gasteiger partial charge on any atom is 0.236 e. The van der Waals surface area contributed by atoms with Gasteiger partial charge < -0.3 is 9.80 Å². The van der Waals surface area contributed by atoms with Gasteiger partial charge in [0.1, 0.15) is 0 Å². The number of amides is 1. The highest BCUT2D eigenvalue weighted by Crippen LogP contribution is 2.07. The molecule has 0 radical (unpaired) electrons. The lowest BCUT2D eigenvalue weighted by Crippen LogP contribution is -2.41. The van der Waals surface area contributed by atoms with Gasteiger partial charge in [-0.25, -0.2) is 0 Å². The third kappa shape index (κ3) is 4.49. The van der Waals surface area contributed by atoms with E-state index < -0.39 is 0 Å². The molecule has 0 aromatic carbocycles. The molecular weight excluding hydrogens is 202 g/mol. The summed E-state index contributed by atoms with van der Waals surface area (Å²) < 4.78 is 0. The molecule has 1 heterocycles. The maximum atomic E-state index is 11.9. The Morgan fingerprint density at radius 3 is 2.31 bits per heavy atom. The van der Waals surface area contributed by atoms with E-state index in [9.17, 15) is 4.79 Å². The Bertz CT molecular complexity index is 212. The fourth-order valence-corrected chi connectivity index (χ4v) is 1.95. The van der Waals surface area contributed by atoms with Gasteiger partial charge in [0.2, 0.25) is 5.91 Å². The minimum Gasteiger partial charge on any atom is -0.342 e. The summed E-state index contributed by atoms with van der Waals surface area (Å²) in [6, 6.07) is 0. The first-order valence-corrected chi connectivity index (χ1v) is 6.28. The van der Waals surface area contributed by atoms with Crippen LogP contribution in [0.4, 0.5) is 0 Å². The van der Waals surface area contributed by atoms with Gasteiger partial charge in [-0.3, -0.25) is 9.69 Å². The molecule has 94 valence electrons. The molecule has 4 nitrogen and oxygen atoms in total. The largest absolute Gasteiger partial charge is 0.342 e. The summed E-state index contributed by atoms with van der Waals surface area (Å²) in [5.41, 5.74) is 0. The van der Waals surface area contributed by atoms with Crippen molar-refractivity contribution in [1.29, 1.82) is 0 Å². The number of carbonyl (C=O) groups excluding carboxylic acids is 1. The third-order valence-electron chi connectivity index (χ3n) is 3.13. The number of likely N-dealkylation sites (tertiary alicyclic amines) is 1. The van der Waals surface area contributed by atoms with E-state index >= 15 is 0 Å². The summed E-state index contributed by atoms with van der Waals surface area (Å²) in [7, 11) is 4.13. The van der Waals surface area contributed by atoms with E-state index in [1.807, 2.05) is 4.90 Å². The molecule has 0 bridgehead atoms. The average Bonchev–Trinajstić information content (AvgIpc) is 2.76. The minimum absolute atomic E-state index is 0.304. The predicted octanol–water partition coefficient (Wildman–Crippen LogP) is 0.492. The molecule has 4 heteroatoms. The predicted molar refractivity (Wildman–Crippen MR) is 66.5 cm³/mol. The third-order valence-corrected chi connectivity index (χ3v) is 3.13. The van der Waals surface area contributed by atoms with Crippen LogP contribution in [0.2, 0.25) is 0 Å². The molecular formula is C12H25N3O. The van der Waals surface area contributed by atoms with Crippen LogP contribution in [0.5, 0.6) is 0 Å². The van der Waals surface area contributed by atoms with Gasteiger partial charge in [0.15, 0.2) is 0 Å².